The van der Waals surface area contributed by atoms with Gasteiger partial charge >= 0.3 is 6.18 Å². The summed E-state index contributed by atoms with van der Waals surface area (Å²) in [5, 5.41) is 17.6. The van der Waals surface area contributed by atoms with Crippen molar-refractivity contribution in [1.29, 1.82) is 0 Å². The molecule has 1 aliphatic carbocycles. The number of anilines is 1. The topological polar surface area (TPSA) is 99.3 Å². The number of nitro groups is 1. The lowest BCUT2D eigenvalue weighted by Gasteiger charge is -2.16. The molecule has 0 bridgehead atoms. The molecule has 0 radical (unpaired) electrons. The number of carbonyl (C=O) groups is 1. The van der Waals surface area contributed by atoms with Crippen molar-refractivity contribution in [3.05, 3.63) is 75.6 Å². The van der Waals surface area contributed by atoms with Crippen molar-refractivity contribution in [1.82, 2.24) is 9.78 Å². The third-order valence-electron chi connectivity index (χ3n) is 5.49. The van der Waals surface area contributed by atoms with Crippen molar-refractivity contribution >= 4 is 17.3 Å². The summed E-state index contributed by atoms with van der Waals surface area (Å²) < 4.78 is 46.4. The predicted octanol–water partition coefficient (Wildman–Crippen LogP) is 5.99. The van der Waals surface area contributed by atoms with E-state index in [4.69, 9.17) is 4.74 Å². The van der Waals surface area contributed by atoms with Crippen molar-refractivity contribution in [2.75, 3.05) is 5.32 Å². The lowest BCUT2D eigenvalue weighted by Crippen LogP contribution is -2.26. The average Bonchev–Trinajstić information content (AvgIpc) is 3.51. The standard InChI is InChI=1S/C23H21F3N4O4/c1-13-5-3-4-6-20(13)34-18-10-16(9-17(11-18)30(32)33)27-22(31)14(2)29-19(15-7-8-15)12-21(28-29)23(24,25)26/h3-6,9-12,14-15H,7-8H2,1-2H3,(H,27,31). The maximum atomic E-state index is 13.2. The summed E-state index contributed by atoms with van der Waals surface area (Å²) in [5.41, 5.74) is -0.146. The molecule has 1 heterocycles. The first-order chi connectivity index (χ1) is 16.0. The molecule has 1 fully saturated rings. The van der Waals surface area contributed by atoms with Crippen LogP contribution in [0.2, 0.25) is 0 Å². The van der Waals surface area contributed by atoms with E-state index in [-0.39, 0.29) is 23.0 Å². The van der Waals surface area contributed by atoms with Gasteiger partial charge in [0.15, 0.2) is 5.69 Å². The Bertz CT molecular complexity index is 1250. The van der Waals surface area contributed by atoms with E-state index in [1.165, 1.54) is 19.1 Å². The Morgan fingerprint density at radius 1 is 1.24 bits per heavy atom. The van der Waals surface area contributed by atoms with Gasteiger partial charge in [0.1, 0.15) is 17.5 Å². The summed E-state index contributed by atoms with van der Waals surface area (Å²) in [4.78, 5) is 23.7. The molecule has 3 aromatic rings. The van der Waals surface area contributed by atoms with Crippen molar-refractivity contribution in [2.24, 2.45) is 0 Å². The van der Waals surface area contributed by atoms with Crippen LogP contribution in [0.15, 0.2) is 48.5 Å². The first-order valence-corrected chi connectivity index (χ1v) is 10.5. The smallest absolute Gasteiger partial charge is 0.435 e. The van der Waals surface area contributed by atoms with Crippen LogP contribution in [0.3, 0.4) is 0 Å². The van der Waals surface area contributed by atoms with Gasteiger partial charge in [-0.2, -0.15) is 18.3 Å². The van der Waals surface area contributed by atoms with Gasteiger partial charge in [-0.25, -0.2) is 0 Å². The first-order valence-electron chi connectivity index (χ1n) is 10.5. The van der Waals surface area contributed by atoms with Crippen LogP contribution in [-0.4, -0.2) is 20.6 Å². The molecule has 1 aromatic heterocycles. The highest BCUT2D eigenvalue weighted by molar-refractivity contribution is 5.94. The first kappa shape index (κ1) is 23.3. The van der Waals surface area contributed by atoms with Crippen LogP contribution < -0.4 is 10.1 Å². The number of carbonyl (C=O) groups excluding carboxylic acids is 1. The predicted molar refractivity (Wildman–Crippen MR) is 117 cm³/mol. The Labute approximate surface area is 192 Å². The van der Waals surface area contributed by atoms with E-state index in [9.17, 15) is 28.1 Å². The number of hydrogen-bond acceptors (Lipinski definition) is 5. The van der Waals surface area contributed by atoms with E-state index in [0.29, 0.717) is 11.4 Å². The SMILES string of the molecule is Cc1ccccc1Oc1cc(NC(=O)C(C)n2nc(C(F)(F)F)cc2C2CC2)cc([N+](=O)[O-])c1. The molecular weight excluding hydrogens is 453 g/mol. The summed E-state index contributed by atoms with van der Waals surface area (Å²) in [6.07, 6.45) is -3.18. The second kappa shape index (κ2) is 8.81. The second-order valence-corrected chi connectivity index (χ2v) is 8.18. The van der Waals surface area contributed by atoms with Gasteiger partial charge in [-0.3, -0.25) is 19.6 Å². The number of amides is 1. The molecule has 1 unspecified atom stereocenters. The molecule has 8 nitrogen and oxygen atoms in total. The van der Waals surface area contributed by atoms with Crippen LogP contribution in [0.5, 0.6) is 11.5 Å². The second-order valence-electron chi connectivity index (χ2n) is 8.18. The fourth-order valence-corrected chi connectivity index (χ4v) is 3.52. The van der Waals surface area contributed by atoms with Crippen LogP contribution >= 0.6 is 0 Å². The molecule has 178 valence electrons. The van der Waals surface area contributed by atoms with E-state index in [1.54, 1.807) is 12.1 Å². The summed E-state index contributed by atoms with van der Waals surface area (Å²) in [5.74, 6) is -0.130. The average molecular weight is 474 g/mol. The molecule has 0 saturated heterocycles. The fourth-order valence-electron chi connectivity index (χ4n) is 3.52. The Morgan fingerprint density at radius 2 is 1.94 bits per heavy atom. The lowest BCUT2D eigenvalue weighted by molar-refractivity contribution is -0.384. The van der Waals surface area contributed by atoms with Crippen LogP contribution in [0.4, 0.5) is 24.5 Å². The molecule has 34 heavy (non-hydrogen) atoms. The molecule has 4 rings (SSSR count). The number of nitro benzene ring substituents is 1. The summed E-state index contributed by atoms with van der Waals surface area (Å²) in [6, 6.07) is 10.8. The van der Waals surface area contributed by atoms with E-state index < -0.39 is 28.7 Å². The molecule has 1 amide bonds. The number of ether oxygens (including phenoxy) is 1. The highest BCUT2D eigenvalue weighted by Crippen LogP contribution is 2.43. The minimum atomic E-state index is -4.63. The van der Waals surface area contributed by atoms with Crippen LogP contribution in [0.1, 0.15) is 48.7 Å². The van der Waals surface area contributed by atoms with Gasteiger partial charge in [0.25, 0.3) is 5.69 Å². The Morgan fingerprint density at radius 3 is 2.56 bits per heavy atom. The molecule has 1 N–H and O–H groups in total. The highest BCUT2D eigenvalue weighted by atomic mass is 19.4. The maximum absolute atomic E-state index is 13.2. The molecule has 1 atom stereocenters. The van der Waals surface area contributed by atoms with E-state index in [0.717, 1.165) is 35.2 Å². The minimum Gasteiger partial charge on any atom is -0.457 e. The number of para-hydroxylation sites is 1. The zero-order valence-corrected chi connectivity index (χ0v) is 18.3. The Balaban J connectivity index is 1.60. The molecule has 0 spiro atoms. The van der Waals surface area contributed by atoms with Gasteiger partial charge in [-0.1, -0.05) is 18.2 Å². The quantitative estimate of drug-likeness (QED) is 0.335. The number of aromatic nitrogens is 2. The fraction of sp³-hybridized carbons (Fsp3) is 0.304. The number of halogens is 3. The summed E-state index contributed by atoms with van der Waals surface area (Å²) >= 11 is 0. The Hall–Kier alpha value is -3.89. The van der Waals surface area contributed by atoms with Crippen molar-refractivity contribution in [3.63, 3.8) is 0 Å². The molecule has 11 heteroatoms. The van der Waals surface area contributed by atoms with Crippen molar-refractivity contribution < 1.29 is 27.6 Å². The minimum absolute atomic E-state index is 0.0748. The number of alkyl halides is 3. The van der Waals surface area contributed by atoms with Crippen LogP contribution in [0.25, 0.3) is 0 Å². The maximum Gasteiger partial charge on any atom is 0.435 e. The Kier molecular flexibility index (Phi) is 6.03. The van der Waals surface area contributed by atoms with Gasteiger partial charge in [0, 0.05) is 23.7 Å². The molecule has 2 aromatic carbocycles. The van der Waals surface area contributed by atoms with Gasteiger partial charge in [0.05, 0.1) is 16.7 Å². The lowest BCUT2D eigenvalue weighted by atomic mass is 10.2. The van der Waals surface area contributed by atoms with Gasteiger partial charge < -0.3 is 10.1 Å². The number of rotatable bonds is 7. The van der Waals surface area contributed by atoms with E-state index >= 15 is 0 Å². The molecular formula is C23H21F3N4O4. The number of hydrogen-bond donors (Lipinski definition) is 1. The summed E-state index contributed by atoms with van der Waals surface area (Å²) in [7, 11) is 0. The summed E-state index contributed by atoms with van der Waals surface area (Å²) in [6.45, 7) is 3.24. The zero-order chi connectivity index (χ0) is 24.6. The van der Waals surface area contributed by atoms with Gasteiger partial charge in [-0.15, -0.1) is 0 Å². The van der Waals surface area contributed by atoms with Crippen LogP contribution in [-0.2, 0) is 11.0 Å². The third-order valence-corrected chi connectivity index (χ3v) is 5.49. The zero-order valence-electron chi connectivity index (χ0n) is 18.3. The van der Waals surface area contributed by atoms with Crippen LogP contribution in [0, 0.1) is 17.0 Å². The van der Waals surface area contributed by atoms with E-state index in [1.807, 2.05) is 19.1 Å². The number of nitrogens with zero attached hydrogens (tertiary/aromatic N) is 3. The number of benzene rings is 2. The number of non-ortho nitro benzene ring substituents is 1. The normalized spacial score (nSPS) is 14.5. The third kappa shape index (κ3) is 5.03. The highest BCUT2D eigenvalue weighted by Gasteiger charge is 2.39. The van der Waals surface area contributed by atoms with Crippen molar-refractivity contribution in [3.8, 4) is 11.5 Å². The van der Waals surface area contributed by atoms with Crippen molar-refractivity contribution in [2.45, 2.75) is 44.8 Å². The molecule has 1 aliphatic rings. The molecule has 0 aliphatic heterocycles. The van der Waals surface area contributed by atoms with E-state index in [2.05, 4.69) is 10.4 Å². The monoisotopic (exact) mass is 474 g/mol. The number of aryl methyl sites for hydroxylation is 1. The number of nitrogens with one attached hydrogen (secondary N) is 1. The largest absolute Gasteiger partial charge is 0.457 e. The molecule has 1 saturated carbocycles. The van der Waals surface area contributed by atoms with Gasteiger partial charge in [-0.05, 0) is 44.4 Å². The van der Waals surface area contributed by atoms with Gasteiger partial charge in [0.2, 0.25) is 5.91 Å².